The lowest BCUT2D eigenvalue weighted by Crippen LogP contribution is -2.05. The fourth-order valence-electron chi connectivity index (χ4n) is 2.31. The van der Waals surface area contributed by atoms with Gasteiger partial charge in [0.2, 0.25) is 0 Å². The second-order valence-corrected chi connectivity index (χ2v) is 4.60. The fourth-order valence-corrected chi connectivity index (χ4v) is 2.31. The number of hydrogen-bond donors (Lipinski definition) is 1. The number of aliphatic hydroxyl groups excluding tert-OH is 1. The molecular formula is C16H13FN2O. The molecule has 1 unspecified atom stereocenters. The van der Waals surface area contributed by atoms with Gasteiger partial charge in [-0.2, -0.15) is 0 Å². The molecule has 0 amide bonds. The summed E-state index contributed by atoms with van der Waals surface area (Å²) in [7, 11) is 0. The van der Waals surface area contributed by atoms with Gasteiger partial charge in [-0.15, -0.1) is 0 Å². The molecule has 4 heteroatoms. The van der Waals surface area contributed by atoms with E-state index in [0.29, 0.717) is 6.42 Å². The standard InChI is InChI=1S/C16H13FN2O/c17-14-10-18-7-6-13(14)16(20)9-11-5-8-19-15-4-2-1-3-12(11)15/h1-8,10,16,20H,9H2. The Hall–Kier alpha value is -2.33. The van der Waals surface area contributed by atoms with Crippen LogP contribution in [0, 0.1) is 5.82 Å². The van der Waals surface area contributed by atoms with E-state index in [4.69, 9.17) is 0 Å². The third-order valence-electron chi connectivity index (χ3n) is 3.32. The van der Waals surface area contributed by atoms with Crippen LogP contribution in [0.25, 0.3) is 10.9 Å². The summed E-state index contributed by atoms with van der Waals surface area (Å²) >= 11 is 0. The van der Waals surface area contributed by atoms with Gasteiger partial charge < -0.3 is 5.11 Å². The van der Waals surface area contributed by atoms with Crippen LogP contribution in [0.15, 0.2) is 55.0 Å². The molecule has 0 aliphatic heterocycles. The maximum absolute atomic E-state index is 13.6. The summed E-state index contributed by atoms with van der Waals surface area (Å²) in [5.41, 5.74) is 2.08. The Balaban J connectivity index is 1.96. The molecule has 3 rings (SSSR count). The first kappa shape index (κ1) is 12.7. The highest BCUT2D eigenvalue weighted by molar-refractivity contribution is 5.81. The van der Waals surface area contributed by atoms with Crippen molar-refractivity contribution in [2.45, 2.75) is 12.5 Å². The minimum absolute atomic E-state index is 0.265. The van der Waals surface area contributed by atoms with Crippen LogP contribution in [-0.2, 0) is 6.42 Å². The Morgan fingerprint density at radius 3 is 2.80 bits per heavy atom. The van der Waals surface area contributed by atoms with E-state index in [1.165, 1.54) is 12.3 Å². The van der Waals surface area contributed by atoms with E-state index in [1.807, 2.05) is 30.3 Å². The quantitative estimate of drug-likeness (QED) is 0.794. The molecule has 3 nitrogen and oxygen atoms in total. The molecule has 100 valence electrons. The minimum atomic E-state index is -0.899. The first-order chi connectivity index (χ1) is 9.75. The Morgan fingerprint density at radius 2 is 1.95 bits per heavy atom. The topological polar surface area (TPSA) is 46.0 Å². The van der Waals surface area contributed by atoms with Crippen molar-refractivity contribution in [2.24, 2.45) is 0 Å². The predicted molar refractivity (Wildman–Crippen MR) is 74.6 cm³/mol. The summed E-state index contributed by atoms with van der Waals surface area (Å²) in [6.45, 7) is 0. The summed E-state index contributed by atoms with van der Waals surface area (Å²) in [4.78, 5) is 7.96. The highest BCUT2D eigenvalue weighted by Crippen LogP contribution is 2.24. The third kappa shape index (κ3) is 2.38. The number of halogens is 1. The average molecular weight is 268 g/mol. The number of aromatic nitrogens is 2. The lowest BCUT2D eigenvalue weighted by atomic mass is 9.99. The van der Waals surface area contributed by atoms with Gasteiger partial charge in [0.25, 0.3) is 0 Å². The second-order valence-electron chi connectivity index (χ2n) is 4.60. The summed E-state index contributed by atoms with van der Waals surface area (Å²) in [6.07, 6.45) is 3.73. The Labute approximate surface area is 115 Å². The van der Waals surface area contributed by atoms with E-state index in [0.717, 1.165) is 22.7 Å². The molecule has 0 fully saturated rings. The van der Waals surface area contributed by atoms with E-state index >= 15 is 0 Å². The second kappa shape index (κ2) is 5.35. The molecule has 1 N–H and O–H groups in total. The first-order valence-electron chi connectivity index (χ1n) is 6.36. The van der Waals surface area contributed by atoms with Gasteiger partial charge in [-0.25, -0.2) is 4.39 Å². The predicted octanol–water partition coefficient (Wildman–Crippen LogP) is 3.05. The molecule has 0 radical (unpaired) electrons. The summed E-state index contributed by atoms with van der Waals surface area (Å²) < 4.78 is 13.6. The number of aliphatic hydroxyl groups is 1. The molecule has 3 aromatic rings. The van der Waals surface area contributed by atoms with E-state index in [1.54, 1.807) is 6.20 Å². The number of pyridine rings is 2. The molecule has 1 atom stereocenters. The van der Waals surface area contributed by atoms with Crippen LogP contribution < -0.4 is 0 Å². The summed E-state index contributed by atoms with van der Waals surface area (Å²) in [6, 6.07) is 11.1. The van der Waals surface area contributed by atoms with Gasteiger partial charge in [-0.3, -0.25) is 9.97 Å². The number of nitrogens with zero attached hydrogens (tertiary/aromatic N) is 2. The maximum atomic E-state index is 13.6. The minimum Gasteiger partial charge on any atom is -0.388 e. The lowest BCUT2D eigenvalue weighted by Gasteiger charge is -2.13. The van der Waals surface area contributed by atoms with Crippen LogP contribution in [-0.4, -0.2) is 15.1 Å². The lowest BCUT2D eigenvalue weighted by molar-refractivity contribution is 0.174. The normalized spacial score (nSPS) is 12.5. The van der Waals surface area contributed by atoms with Crippen molar-refractivity contribution in [3.8, 4) is 0 Å². The zero-order chi connectivity index (χ0) is 13.9. The van der Waals surface area contributed by atoms with Crippen molar-refractivity contribution in [1.29, 1.82) is 0 Å². The van der Waals surface area contributed by atoms with Crippen LogP contribution in [0.1, 0.15) is 17.2 Å². The average Bonchev–Trinajstić information content (AvgIpc) is 2.48. The van der Waals surface area contributed by atoms with Crippen molar-refractivity contribution in [2.75, 3.05) is 0 Å². The van der Waals surface area contributed by atoms with Crippen LogP contribution in [0.4, 0.5) is 4.39 Å². The van der Waals surface area contributed by atoms with E-state index in [9.17, 15) is 9.50 Å². The Kier molecular flexibility index (Phi) is 3.39. The van der Waals surface area contributed by atoms with E-state index < -0.39 is 11.9 Å². The highest BCUT2D eigenvalue weighted by Gasteiger charge is 2.14. The number of rotatable bonds is 3. The maximum Gasteiger partial charge on any atom is 0.147 e. The van der Waals surface area contributed by atoms with Crippen molar-refractivity contribution in [3.05, 3.63) is 71.9 Å². The fraction of sp³-hybridized carbons (Fsp3) is 0.125. The number of fused-ring (bicyclic) bond motifs is 1. The smallest absolute Gasteiger partial charge is 0.147 e. The van der Waals surface area contributed by atoms with Gasteiger partial charge in [-0.05, 0) is 23.8 Å². The molecule has 0 saturated carbocycles. The first-order valence-corrected chi connectivity index (χ1v) is 6.36. The van der Waals surface area contributed by atoms with Crippen LogP contribution in [0.3, 0.4) is 0 Å². The number of hydrogen-bond acceptors (Lipinski definition) is 3. The van der Waals surface area contributed by atoms with Crippen molar-refractivity contribution >= 4 is 10.9 Å². The zero-order valence-corrected chi connectivity index (χ0v) is 10.7. The van der Waals surface area contributed by atoms with Crippen molar-refractivity contribution in [1.82, 2.24) is 9.97 Å². The molecule has 2 heterocycles. The molecule has 0 spiro atoms. The molecule has 0 saturated heterocycles. The molecule has 1 aromatic carbocycles. The molecule has 2 aromatic heterocycles. The highest BCUT2D eigenvalue weighted by atomic mass is 19.1. The zero-order valence-electron chi connectivity index (χ0n) is 10.7. The number of para-hydroxylation sites is 1. The van der Waals surface area contributed by atoms with Gasteiger partial charge >= 0.3 is 0 Å². The molecule has 20 heavy (non-hydrogen) atoms. The third-order valence-corrected chi connectivity index (χ3v) is 3.32. The Morgan fingerprint density at radius 1 is 1.10 bits per heavy atom. The van der Waals surface area contributed by atoms with Gasteiger partial charge in [0.1, 0.15) is 5.82 Å². The summed E-state index contributed by atoms with van der Waals surface area (Å²) in [5.74, 6) is -0.488. The number of benzene rings is 1. The largest absolute Gasteiger partial charge is 0.388 e. The van der Waals surface area contributed by atoms with E-state index in [2.05, 4.69) is 9.97 Å². The van der Waals surface area contributed by atoms with Crippen LogP contribution >= 0.6 is 0 Å². The van der Waals surface area contributed by atoms with E-state index in [-0.39, 0.29) is 5.56 Å². The monoisotopic (exact) mass is 268 g/mol. The van der Waals surface area contributed by atoms with Crippen LogP contribution in [0.2, 0.25) is 0 Å². The van der Waals surface area contributed by atoms with Crippen molar-refractivity contribution in [3.63, 3.8) is 0 Å². The molecule has 0 bridgehead atoms. The Bertz CT molecular complexity index is 740. The summed E-state index contributed by atoms with van der Waals surface area (Å²) in [5, 5.41) is 11.2. The molecule has 0 aliphatic rings. The van der Waals surface area contributed by atoms with Gasteiger partial charge in [-0.1, -0.05) is 18.2 Å². The molecular weight excluding hydrogens is 255 g/mol. The van der Waals surface area contributed by atoms with Crippen molar-refractivity contribution < 1.29 is 9.50 Å². The van der Waals surface area contributed by atoms with Crippen LogP contribution in [0.5, 0.6) is 0 Å². The van der Waals surface area contributed by atoms with Gasteiger partial charge in [0.05, 0.1) is 17.8 Å². The van der Waals surface area contributed by atoms with Gasteiger partial charge in [0.15, 0.2) is 0 Å². The molecule has 0 aliphatic carbocycles. The van der Waals surface area contributed by atoms with Gasteiger partial charge in [0, 0.05) is 29.8 Å². The SMILES string of the molecule is OC(Cc1ccnc2ccccc12)c1ccncc1F.